The first-order chi connectivity index (χ1) is 8.97. The molecule has 2 heterocycles. The van der Waals surface area contributed by atoms with Gasteiger partial charge in [0.1, 0.15) is 0 Å². The predicted molar refractivity (Wildman–Crippen MR) is 74.9 cm³/mol. The van der Waals surface area contributed by atoms with Crippen molar-refractivity contribution in [1.82, 2.24) is 14.7 Å². The molecule has 2 aliphatic rings. The average Bonchev–Trinajstić information content (AvgIpc) is 3.10. The number of likely N-dealkylation sites (tertiary alicyclic amines) is 1. The van der Waals surface area contributed by atoms with Crippen molar-refractivity contribution < 1.29 is 5.11 Å². The molecule has 106 valence electrons. The molecular weight excluding hydrogens is 238 g/mol. The topological polar surface area (TPSA) is 41.3 Å². The fourth-order valence-electron chi connectivity index (χ4n) is 3.19. The molecule has 3 rings (SSSR count). The van der Waals surface area contributed by atoms with Gasteiger partial charge in [0.2, 0.25) is 0 Å². The minimum absolute atomic E-state index is 0.335. The van der Waals surface area contributed by atoms with E-state index in [1.54, 1.807) is 0 Å². The zero-order chi connectivity index (χ0) is 13.6. The Hall–Kier alpha value is -0.870. The Balaban J connectivity index is 1.69. The fraction of sp³-hybridized carbons (Fsp3) is 0.800. The zero-order valence-electron chi connectivity index (χ0n) is 12.3. The largest absolute Gasteiger partial charge is 0.390 e. The maximum absolute atomic E-state index is 10.2. The maximum atomic E-state index is 10.2. The highest BCUT2D eigenvalue weighted by atomic mass is 16.3. The van der Waals surface area contributed by atoms with Crippen molar-refractivity contribution in [2.45, 2.75) is 51.2 Å². The summed E-state index contributed by atoms with van der Waals surface area (Å²) >= 11 is 0. The first kappa shape index (κ1) is 13.1. The minimum Gasteiger partial charge on any atom is -0.390 e. The van der Waals surface area contributed by atoms with Crippen molar-refractivity contribution in [3.8, 4) is 0 Å². The van der Waals surface area contributed by atoms with Crippen LogP contribution in [-0.4, -0.2) is 38.5 Å². The average molecular weight is 263 g/mol. The van der Waals surface area contributed by atoms with Gasteiger partial charge >= 0.3 is 0 Å². The lowest BCUT2D eigenvalue weighted by atomic mass is 9.84. The van der Waals surface area contributed by atoms with Gasteiger partial charge in [0.15, 0.2) is 0 Å². The molecule has 1 saturated heterocycles. The van der Waals surface area contributed by atoms with Crippen LogP contribution >= 0.6 is 0 Å². The molecule has 1 aliphatic carbocycles. The lowest BCUT2D eigenvalue weighted by Crippen LogP contribution is -2.48. The standard InChI is InChI=1S/C15H25N3O/c1-11-9-18(7-6-15(11,2)19)10-13-8-16-17(3)14(13)12-4-5-12/h8,11-12,19H,4-7,9-10H2,1-3H3/t11-,15+/m1/s1. The van der Waals surface area contributed by atoms with Crippen LogP contribution in [0.4, 0.5) is 0 Å². The highest BCUT2D eigenvalue weighted by molar-refractivity contribution is 5.25. The van der Waals surface area contributed by atoms with E-state index in [9.17, 15) is 5.11 Å². The van der Waals surface area contributed by atoms with E-state index in [1.807, 2.05) is 13.1 Å². The predicted octanol–water partition coefficient (Wildman–Crippen LogP) is 1.89. The van der Waals surface area contributed by atoms with Crippen LogP contribution in [0.1, 0.15) is 50.3 Å². The van der Waals surface area contributed by atoms with Gasteiger partial charge in [-0.05, 0) is 32.1 Å². The Bertz CT molecular complexity index is 462. The fourth-order valence-corrected chi connectivity index (χ4v) is 3.19. The SMILES string of the molecule is C[C@@H]1CN(Cc2cnn(C)c2C2CC2)CC[C@]1(C)O. The van der Waals surface area contributed by atoms with E-state index in [0.717, 1.165) is 32.0 Å². The van der Waals surface area contributed by atoms with E-state index < -0.39 is 5.60 Å². The van der Waals surface area contributed by atoms with Crippen molar-refractivity contribution >= 4 is 0 Å². The Morgan fingerprint density at radius 3 is 2.84 bits per heavy atom. The molecular formula is C15H25N3O. The van der Waals surface area contributed by atoms with Crippen LogP contribution in [0.2, 0.25) is 0 Å². The van der Waals surface area contributed by atoms with Crippen LogP contribution in [0.3, 0.4) is 0 Å². The van der Waals surface area contributed by atoms with E-state index in [4.69, 9.17) is 0 Å². The number of aryl methyl sites for hydroxylation is 1. The molecule has 19 heavy (non-hydrogen) atoms. The second kappa shape index (κ2) is 4.60. The number of piperidine rings is 1. The minimum atomic E-state index is -0.495. The molecule has 4 nitrogen and oxygen atoms in total. The summed E-state index contributed by atoms with van der Waals surface area (Å²) in [6, 6.07) is 0. The van der Waals surface area contributed by atoms with Crippen LogP contribution < -0.4 is 0 Å². The van der Waals surface area contributed by atoms with Crippen molar-refractivity contribution in [1.29, 1.82) is 0 Å². The smallest absolute Gasteiger partial charge is 0.0669 e. The normalized spacial score (nSPS) is 32.7. The van der Waals surface area contributed by atoms with Crippen LogP contribution in [0.15, 0.2) is 6.20 Å². The number of hydrogen-bond acceptors (Lipinski definition) is 3. The van der Waals surface area contributed by atoms with Crippen molar-refractivity contribution in [2.75, 3.05) is 13.1 Å². The van der Waals surface area contributed by atoms with Gasteiger partial charge in [-0.1, -0.05) is 6.92 Å². The summed E-state index contributed by atoms with van der Waals surface area (Å²) in [5.41, 5.74) is 2.33. The van der Waals surface area contributed by atoms with Gasteiger partial charge < -0.3 is 5.11 Å². The van der Waals surface area contributed by atoms with Crippen LogP contribution in [0.25, 0.3) is 0 Å². The monoisotopic (exact) mass is 263 g/mol. The molecule has 0 amide bonds. The van der Waals surface area contributed by atoms with E-state index in [2.05, 4.69) is 28.7 Å². The van der Waals surface area contributed by atoms with Gasteiger partial charge in [-0.2, -0.15) is 5.10 Å². The molecule has 0 aromatic carbocycles. The molecule has 1 aliphatic heterocycles. The van der Waals surface area contributed by atoms with Crippen LogP contribution in [0.5, 0.6) is 0 Å². The Morgan fingerprint density at radius 1 is 1.47 bits per heavy atom. The summed E-state index contributed by atoms with van der Waals surface area (Å²) < 4.78 is 2.05. The Morgan fingerprint density at radius 2 is 2.21 bits per heavy atom. The summed E-state index contributed by atoms with van der Waals surface area (Å²) in [5, 5.41) is 14.7. The second-order valence-corrected chi connectivity index (χ2v) is 6.70. The van der Waals surface area contributed by atoms with Gasteiger partial charge in [-0.15, -0.1) is 0 Å². The third-order valence-electron chi connectivity index (χ3n) is 4.95. The van der Waals surface area contributed by atoms with Crippen LogP contribution in [0, 0.1) is 5.92 Å². The van der Waals surface area contributed by atoms with Crippen molar-refractivity contribution in [3.63, 3.8) is 0 Å². The molecule has 0 bridgehead atoms. The van der Waals surface area contributed by atoms with E-state index in [1.165, 1.54) is 24.1 Å². The first-order valence-electron chi connectivity index (χ1n) is 7.43. The number of aliphatic hydroxyl groups is 1. The second-order valence-electron chi connectivity index (χ2n) is 6.70. The molecule has 0 radical (unpaired) electrons. The van der Waals surface area contributed by atoms with Gasteiger partial charge in [0.05, 0.1) is 11.8 Å². The molecule has 1 N–H and O–H groups in total. The molecule has 1 saturated carbocycles. The summed E-state index contributed by atoms with van der Waals surface area (Å²) in [4.78, 5) is 2.46. The summed E-state index contributed by atoms with van der Waals surface area (Å²) in [7, 11) is 2.06. The van der Waals surface area contributed by atoms with Crippen molar-refractivity contribution in [2.24, 2.45) is 13.0 Å². The lowest BCUT2D eigenvalue weighted by molar-refractivity contribution is -0.0524. The van der Waals surface area contributed by atoms with E-state index >= 15 is 0 Å². The summed E-state index contributed by atoms with van der Waals surface area (Å²) in [6.07, 6.45) is 5.54. The Kier molecular flexibility index (Phi) is 3.18. The van der Waals surface area contributed by atoms with Gasteiger partial charge in [-0.3, -0.25) is 9.58 Å². The molecule has 0 spiro atoms. The van der Waals surface area contributed by atoms with E-state index in [0.29, 0.717) is 5.92 Å². The first-order valence-corrected chi connectivity index (χ1v) is 7.43. The third kappa shape index (κ3) is 2.56. The highest BCUT2D eigenvalue weighted by Crippen LogP contribution is 2.41. The molecule has 2 fully saturated rings. The van der Waals surface area contributed by atoms with Crippen LogP contribution in [-0.2, 0) is 13.6 Å². The molecule has 4 heteroatoms. The summed E-state index contributed by atoms with van der Waals surface area (Å²) in [6.45, 7) is 7.06. The van der Waals surface area contributed by atoms with Gasteiger partial charge in [0.25, 0.3) is 0 Å². The number of rotatable bonds is 3. The van der Waals surface area contributed by atoms with Gasteiger partial charge in [0, 0.05) is 43.9 Å². The third-order valence-corrected chi connectivity index (χ3v) is 4.95. The molecule has 0 unspecified atom stereocenters. The van der Waals surface area contributed by atoms with E-state index in [-0.39, 0.29) is 0 Å². The Labute approximate surface area is 115 Å². The zero-order valence-corrected chi connectivity index (χ0v) is 12.3. The number of nitrogens with zero attached hydrogens (tertiary/aromatic N) is 3. The quantitative estimate of drug-likeness (QED) is 0.905. The van der Waals surface area contributed by atoms with Gasteiger partial charge in [-0.25, -0.2) is 0 Å². The molecule has 1 aromatic heterocycles. The maximum Gasteiger partial charge on any atom is 0.0669 e. The highest BCUT2D eigenvalue weighted by Gasteiger charge is 2.35. The number of aromatic nitrogens is 2. The van der Waals surface area contributed by atoms with Crippen molar-refractivity contribution in [3.05, 3.63) is 17.5 Å². The number of hydrogen-bond donors (Lipinski definition) is 1. The molecule has 2 atom stereocenters. The summed E-state index contributed by atoms with van der Waals surface area (Å²) in [5.74, 6) is 1.08. The lowest BCUT2D eigenvalue weighted by Gasteiger charge is -2.41. The molecule has 1 aromatic rings.